The van der Waals surface area contributed by atoms with Crippen LogP contribution in [0.25, 0.3) is 0 Å². The third kappa shape index (κ3) is 17.7. The van der Waals surface area contributed by atoms with Crippen LogP contribution in [0.4, 0.5) is 35.3 Å². The van der Waals surface area contributed by atoms with Crippen LogP contribution in [0.3, 0.4) is 0 Å². The number of fused-ring (bicyclic) bond motifs is 3. The Kier molecular flexibility index (Phi) is 23.7. The van der Waals surface area contributed by atoms with Crippen molar-refractivity contribution in [3.05, 3.63) is 113 Å². The van der Waals surface area contributed by atoms with Crippen LogP contribution in [0.5, 0.6) is 11.5 Å². The Morgan fingerprint density at radius 3 is 1.47 bits per heavy atom. The lowest BCUT2D eigenvalue weighted by atomic mass is 9.72. The molecule has 12 heterocycles. The molecule has 3 aromatic heterocycles. The lowest BCUT2D eigenvalue weighted by Gasteiger charge is -2.44. The number of para-hydroxylation sites is 1. The van der Waals surface area contributed by atoms with Crippen LogP contribution in [-0.4, -0.2) is 213 Å². The molecule has 0 spiro atoms. The van der Waals surface area contributed by atoms with Gasteiger partial charge in [-0.25, -0.2) is 27.7 Å². The van der Waals surface area contributed by atoms with Gasteiger partial charge in [-0.1, -0.05) is 80.1 Å². The van der Waals surface area contributed by atoms with Crippen LogP contribution in [0.15, 0.2) is 93.5 Å². The summed E-state index contributed by atoms with van der Waals surface area (Å²) in [5.74, 6) is 8.60. The highest BCUT2D eigenvalue weighted by atomic mass is 32.2. The molecule has 4 atom stereocenters. The van der Waals surface area contributed by atoms with Crippen molar-refractivity contribution in [1.29, 1.82) is 0 Å². The van der Waals surface area contributed by atoms with Gasteiger partial charge in [0.2, 0.25) is 33.8 Å². The SMILES string of the molecule is CC(C)c1ccccc1OC1CCN(c2nc3c(c(NC4CCOCC4)n2)S(=O)CC3)CC1.CN1C[C@@H](Nc2nc(N3CCC(CN(C)S(C)(=O)=O)(c4ccccc4)CC3)nc3c2S(=O)CC3)CCC1=O.Cc1ccc(OC2CCN(c3nc4c(c(NC5CCOCC5)n3)S(=O)CC4)CC2)cc1. The number of piperidine rings is 4. The minimum Gasteiger partial charge on any atom is -0.490 e. The van der Waals surface area contributed by atoms with Gasteiger partial charge >= 0.3 is 0 Å². The fourth-order valence-corrected chi connectivity index (χ4v) is 19.5. The molecule has 3 unspecified atom stereocenters. The van der Waals surface area contributed by atoms with Crippen molar-refractivity contribution in [1.82, 2.24) is 39.1 Å². The molecule has 6 aromatic rings. The average Bonchev–Trinajstić information content (AvgIpc) is 1.27. The summed E-state index contributed by atoms with van der Waals surface area (Å²) in [7, 11) is -3.05. The first kappa shape index (κ1) is 73.4. The van der Waals surface area contributed by atoms with E-state index in [2.05, 4.69) is 93.9 Å². The molecule has 0 saturated carbocycles. The van der Waals surface area contributed by atoms with E-state index in [4.69, 9.17) is 48.9 Å². The smallest absolute Gasteiger partial charge is 0.227 e. The molecule has 3 aromatic carbocycles. The van der Waals surface area contributed by atoms with E-state index in [1.165, 1.54) is 21.7 Å². The minimum absolute atomic E-state index is 0.0424. The van der Waals surface area contributed by atoms with Gasteiger partial charge in [0.1, 0.15) is 55.8 Å². The number of rotatable bonds is 18. The number of likely N-dealkylation sites (tertiary alicyclic amines) is 1. The van der Waals surface area contributed by atoms with E-state index in [0.717, 1.165) is 197 Å². The van der Waals surface area contributed by atoms with Gasteiger partial charge in [0.25, 0.3) is 0 Å². The lowest BCUT2D eigenvalue weighted by molar-refractivity contribution is -0.132. The quantitative estimate of drug-likeness (QED) is 0.0727. The number of ether oxygens (including phenoxy) is 4. The summed E-state index contributed by atoms with van der Waals surface area (Å²) in [6.07, 6.45) is 14.0. The number of carbonyl (C=O) groups is 1. The molecular weight excluding hydrogens is 1370 g/mol. The van der Waals surface area contributed by atoms with E-state index in [0.29, 0.717) is 97.4 Å². The van der Waals surface area contributed by atoms with E-state index in [9.17, 15) is 25.8 Å². The summed E-state index contributed by atoms with van der Waals surface area (Å²) >= 11 is 0. The van der Waals surface area contributed by atoms with Gasteiger partial charge in [0.05, 0.1) is 55.7 Å². The number of hydrogen-bond donors (Lipinski definition) is 3. The number of amides is 1. The first-order valence-electron chi connectivity index (χ1n) is 36.6. The summed E-state index contributed by atoms with van der Waals surface area (Å²) < 4.78 is 87.6. The first-order chi connectivity index (χ1) is 49.3. The summed E-state index contributed by atoms with van der Waals surface area (Å²) in [6.45, 7) is 15.3. The molecule has 102 heavy (non-hydrogen) atoms. The van der Waals surface area contributed by atoms with E-state index >= 15 is 0 Å². The number of benzene rings is 3. The van der Waals surface area contributed by atoms with E-state index < -0.39 is 42.4 Å². The molecule has 3 N–H and O–H groups in total. The topological polar surface area (TPSA) is 269 Å². The van der Waals surface area contributed by atoms with Gasteiger partial charge in [-0.15, -0.1) is 0 Å². The molecule has 6 fully saturated rings. The third-order valence-electron chi connectivity index (χ3n) is 21.2. The predicted octanol–water partition coefficient (Wildman–Crippen LogP) is 8.59. The summed E-state index contributed by atoms with van der Waals surface area (Å²) in [6, 6.07) is 27.4. The van der Waals surface area contributed by atoms with Crippen LogP contribution in [0, 0.1) is 6.92 Å². The van der Waals surface area contributed by atoms with Crippen molar-refractivity contribution >= 4 is 83.6 Å². The van der Waals surface area contributed by atoms with Gasteiger partial charge in [-0.05, 0) is 87.1 Å². The van der Waals surface area contributed by atoms with E-state index in [1.807, 2.05) is 36.4 Å². The van der Waals surface area contributed by atoms with Crippen LogP contribution in [0.1, 0.15) is 131 Å². The van der Waals surface area contributed by atoms with Gasteiger partial charge in [0.15, 0.2) is 0 Å². The maximum Gasteiger partial charge on any atom is 0.227 e. The molecule has 9 aliphatic heterocycles. The van der Waals surface area contributed by atoms with Gasteiger partial charge < -0.3 is 54.5 Å². The average molecular weight is 1470 g/mol. The van der Waals surface area contributed by atoms with Crippen LogP contribution < -0.4 is 40.1 Å². The van der Waals surface area contributed by atoms with E-state index in [1.54, 1.807) is 19.0 Å². The van der Waals surface area contributed by atoms with Crippen molar-refractivity contribution in [2.45, 2.75) is 173 Å². The highest BCUT2D eigenvalue weighted by Crippen LogP contribution is 2.41. The minimum atomic E-state index is -3.32. The number of carbonyl (C=O) groups excluding carboxylic acids is 1. The van der Waals surface area contributed by atoms with Gasteiger partial charge in [-0.3, -0.25) is 17.4 Å². The number of nitrogens with one attached hydrogen (secondary N) is 3. The van der Waals surface area contributed by atoms with Gasteiger partial charge in [0, 0.05) is 185 Å². The molecule has 0 bridgehead atoms. The molecule has 550 valence electrons. The second-order valence-corrected chi connectivity index (χ2v) is 35.4. The largest absolute Gasteiger partial charge is 0.490 e. The molecular formula is C74H100N14O10S4. The standard InChI is InChI=1S/C26H36N6O4S2.C25H34N4O3S.C23H30N4O3S/c1-30-17-20(9-10-22(30)33)27-24-23-21(11-16-37(23)34)28-25(29-24)32-14-12-26(13-15-32,18-31(2)38(3,35)36)19-7-5-4-6-8-19;1-17(2)20-5-3-4-6-22(20)32-19-7-12-29(13-8-19)25-27-21-11-16-33(30)23(21)24(28-25)26-18-9-14-31-15-10-18;1-16-2-4-18(5-3-16)30-19-6-11-27(12-7-19)23-25-20-10-15-31(28)21(20)22(26-23)24-17-8-13-29-14-9-17/h4-8,20H,9-18H2,1-3H3,(H,27,28,29);3-6,17-19H,7-16H2,1-2H3,(H,26,27,28);2-5,17,19H,6-15H2,1H3,(H,24,25,26)/t20-,37?;;/m0../s1. The monoisotopic (exact) mass is 1470 g/mol. The highest BCUT2D eigenvalue weighted by molar-refractivity contribution is 7.88. The number of anilines is 6. The maximum atomic E-state index is 12.8. The molecule has 9 aliphatic rings. The van der Waals surface area contributed by atoms with Crippen molar-refractivity contribution in [3.8, 4) is 11.5 Å². The number of likely N-dealkylation sites (N-methyl/N-ethyl adjacent to an activating group) is 2. The highest BCUT2D eigenvalue weighted by Gasteiger charge is 2.41. The molecule has 24 nitrogen and oxygen atoms in total. The second kappa shape index (κ2) is 33.0. The fourth-order valence-electron chi connectivity index (χ4n) is 15.1. The molecule has 28 heteroatoms. The summed E-state index contributed by atoms with van der Waals surface area (Å²) in [5, 5.41) is 10.6. The van der Waals surface area contributed by atoms with Gasteiger partial charge in [-0.2, -0.15) is 15.0 Å². The zero-order valence-electron chi connectivity index (χ0n) is 59.8. The number of aryl methyl sites for hydroxylation is 4. The van der Waals surface area contributed by atoms with Crippen LogP contribution in [0.2, 0.25) is 0 Å². The molecule has 0 radical (unpaired) electrons. The number of nitrogens with zero attached hydrogens (tertiary/aromatic N) is 11. The van der Waals surface area contributed by atoms with Crippen molar-refractivity contribution in [3.63, 3.8) is 0 Å². The first-order valence-corrected chi connectivity index (χ1v) is 42.4. The molecule has 6 saturated heterocycles. The summed E-state index contributed by atoms with van der Waals surface area (Å²) in [4.78, 5) is 51.8. The third-order valence-corrected chi connectivity index (χ3v) is 26.8. The number of aromatic nitrogens is 6. The zero-order chi connectivity index (χ0) is 71.1. The zero-order valence-corrected chi connectivity index (χ0v) is 63.1. The Labute approximate surface area is 608 Å². The van der Waals surface area contributed by atoms with Crippen molar-refractivity contribution < 1.29 is 44.8 Å². The van der Waals surface area contributed by atoms with Crippen LogP contribution in [-0.2, 0) is 81.4 Å². The number of hydrogen-bond acceptors (Lipinski definition) is 22. The predicted molar refractivity (Wildman–Crippen MR) is 401 cm³/mol. The fraction of sp³-hybridized carbons (Fsp3) is 0.581. The lowest BCUT2D eigenvalue weighted by Crippen LogP contribution is -2.49. The Balaban J connectivity index is 0.000000137. The molecule has 0 aliphatic carbocycles. The number of sulfonamides is 1. The molecule has 15 rings (SSSR count). The Hall–Kier alpha value is -6.95. The second-order valence-electron chi connectivity index (χ2n) is 28.8. The van der Waals surface area contributed by atoms with Crippen molar-refractivity contribution in [2.75, 3.05) is 147 Å². The van der Waals surface area contributed by atoms with Crippen molar-refractivity contribution in [2.24, 2.45) is 0 Å². The maximum absolute atomic E-state index is 12.8. The Bertz CT molecular complexity index is 4090. The Morgan fingerprint density at radius 1 is 0.569 bits per heavy atom. The Morgan fingerprint density at radius 2 is 1.01 bits per heavy atom. The van der Waals surface area contributed by atoms with Crippen LogP contribution >= 0.6 is 0 Å². The van der Waals surface area contributed by atoms with E-state index in [-0.39, 0.29) is 29.6 Å². The normalized spacial score (nSPS) is 22.6. The molecule has 1 amide bonds. The summed E-state index contributed by atoms with van der Waals surface area (Å²) in [5.41, 5.74) is 6.04.